The Morgan fingerprint density at radius 3 is 2.38 bits per heavy atom. The average Bonchev–Trinajstić information content (AvgIpc) is 3.64. The van der Waals surface area contributed by atoms with Crippen LogP contribution in [0.25, 0.3) is 0 Å². The average molecular weight is 585 g/mol. The number of carbonyl (C=O) groups excluding carboxylic acids is 1. The molecular weight excluding hydrogens is 547 g/mol. The van der Waals surface area contributed by atoms with E-state index in [1.54, 1.807) is 22.7 Å². The van der Waals surface area contributed by atoms with Crippen LogP contribution in [0.1, 0.15) is 41.6 Å². The van der Waals surface area contributed by atoms with Crippen LogP contribution in [-0.2, 0) is 28.2 Å². The van der Waals surface area contributed by atoms with Crippen molar-refractivity contribution < 1.29 is 18.7 Å². The minimum absolute atomic E-state index is 0.0841. The van der Waals surface area contributed by atoms with Crippen molar-refractivity contribution >= 4 is 20.0 Å². The molecule has 0 saturated carbocycles. The Labute approximate surface area is 247 Å². The van der Waals surface area contributed by atoms with Gasteiger partial charge in [-0.1, -0.05) is 91.0 Å². The first-order chi connectivity index (χ1) is 20.2. The van der Waals surface area contributed by atoms with E-state index in [9.17, 15) is 9.90 Å². The summed E-state index contributed by atoms with van der Waals surface area (Å²) < 4.78 is 24.7. The number of ether oxygens (including phenoxy) is 1. The minimum atomic E-state index is -3.27. The number of benzene rings is 3. The Balaban J connectivity index is 1.28. The van der Waals surface area contributed by atoms with Gasteiger partial charge in [-0.3, -0.25) is 9.48 Å². The summed E-state index contributed by atoms with van der Waals surface area (Å²) in [5, 5.41) is 18.7. The lowest BCUT2D eigenvalue weighted by molar-refractivity contribution is -0.146. The number of hydrogen-bond acceptors (Lipinski definition) is 5. The predicted molar refractivity (Wildman–Crippen MR) is 162 cm³/mol. The predicted octanol–water partition coefficient (Wildman–Crippen LogP) is 5.81. The number of halogens is 1. The van der Waals surface area contributed by atoms with Crippen molar-refractivity contribution in [2.75, 3.05) is 11.5 Å². The number of aromatic nitrogens is 3. The van der Waals surface area contributed by atoms with Gasteiger partial charge in [-0.25, -0.2) is 0 Å². The molecule has 0 aliphatic carbocycles. The van der Waals surface area contributed by atoms with Crippen LogP contribution < -0.4 is 4.90 Å². The Morgan fingerprint density at radius 1 is 1.02 bits per heavy atom. The van der Waals surface area contributed by atoms with Gasteiger partial charge in [0.05, 0.1) is 36.6 Å². The fourth-order valence-electron chi connectivity index (χ4n) is 7.09. The Kier molecular flexibility index (Phi) is 7.59. The van der Waals surface area contributed by atoms with E-state index in [4.69, 9.17) is 4.74 Å². The number of amides is 1. The van der Waals surface area contributed by atoms with Crippen LogP contribution in [0.4, 0.5) is 9.80 Å². The van der Waals surface area contributed by atoms with Crippen LogP contribution in [0.5, 0.6) is 0 Å². The van der Waals surface area contributed by atoms with Crippen molar-refractivity contribution in [3.8, 4) is 0 Å². The van der Waals surface area contributed by atoms with Crippen LogP contribution in [0.2, 0.25) is 18.6 Å². The lowest BCUT2D eigenvalue weighted by Gasteiger charge is -2.31. The largest absolute Gasteiger partial charge is 0.395 e. The molecule has 1 fully saturated rings. The maximum absolute atomic E-state index is 16.1. The second-order valence-corrected chi connectivity index (χ2v) is 15.8. The van der Waals surface area contributed by atoms with E-state index >= 15 is 4.11 Å². The van der Waals surface area contributed by atoms with Crippen molar-refractivity contribution in [3.63, 3.8) is 0 Å². The van der Waals surface area contributed by atoms with Gasteiger partial charge in [0.15, 0.2) is 5.60 Å². The molecule has 1 N–H and O–H groups in total. The van der Waals surface area contributed by atoms with Crippen molar-refractivity contribution in [2.45, 2.75) is 62.7 Å². The molecule has 6 rings (SSSR count). The molecule has 1 spiro atoms. The zero-order chi connectivity index (χ0) is 29.5. The van der Waals surface area contributed by atoms with E-state index in [2.05, 4.69) is 10.3 Å². The lowest BCUT2D eigenvalue weighted by atomic mass is 9.82. The number of nitrogens with zero attached hydrogens (tertiary/aromatic N) is 4. The molecular formula is C33H37FN4O3Si. The Bertz CT molecular complexity index is 1540. The first-order valence-electron chi connectivity index (χ1n) is 14.6. The lowest BCUT2D eigenvalue weighted by Crippen LogP contribution is -2.45. The van der Waals surface area contributed by atoms with Crippen LogP contribution in [-0.4, -0.2) is 47.1 Å². The molecule has 2 aliphatic heterocycles. The number of rotatable bonds is 9. The zero-order valence-electron chi connectivity index (χ0n) is 24.2. The summed E-state index contributed by atoms with van der Waals surface area (Å²) in [5.41, 5.74) is 2.69. The van der Waals surface area contributed by atoms with Gasteiger partial charge in [0.25, 0.3) is 5.91 Å². The van der Waals surface area contributed by atoms with Gasteiger partial charge in [0.2, 0.25) is 8.41 Å². The normalized spacial score (nSPS) is 24.4. The summed E-state index contributed by atoms with van der Waals surface area (Å²) in [5.74, 6) is -0.742. The third-order valence-corrected chi connectivity index (χ3v) is 11.4. The molecule has 0 bridgehead atoms. The number of hydrogen-bond donors (Lipinski definition) is 1. The number of anilines is 1. The first-order valence-corrected chi connectivity index (χ1v) is 17.6. The third kappa shape index (κ3) is 4.89. The molecule has 9 heteroatoms. The fraction of sp³-hybridized carbons (Fsp3) is 0.364. The molecule has 2 aliphatic rings. The summed E-state index contributed by atoms with van der Waals surface area (Å²) in [6.45, 7) is 6.22. The topological polar surface area (TPSA) is 80.5 Å². The summed E-state index contributed by atoms with van der Waals surface area (Å²) in [4.78, 5) is 16.2. The molecule has 1 unspecified atom stereocenters. The number of aryl methyl sites for hydroxylation is 1. The molecule has 1 aromatic heterocycles. The zero-order valence-corrected chi connectivity index (χ0v) is 25.2. The third-order valence-electron chi connectivity index (χ3n) is 8.99. The molecule has 5 atom stereocenters. The monoisotopic (exact) mass is 584 g/mol. The van der Waals surface area contributed by atoms with Crippen molar-refractivity contribution in [1.29, 1.82) is 0 Å². The minimum Gasteiger partial charge on any atom is -0.395 e. The molecule has 0 radical (unpaired) electrons. The van der Waals surface area contributed by atoms with Crippen LogP contribution in [0, 0.1) is 5.92 Å². The summed E-state index contributed by atoms with van der Waals surface area (Å²) in [6.07, 6.45) is 1.87. The molecule has 3 heterocycles. The van der Waals surface area contributed by atoms with E-state index < -0.39 is 20.1 Å². The van der Waals surface area contributed by atoms with E-state index in [1.807, 2.05) is 98.0 Å². The van der Waals surface area contributed by atoms with Gasteiger partial charge in [-0.2, -0.15) is 0 Å². The van der Waals surface area contributed by atoms with E-state index in [-0.39, 0.29) is 29.9 Å². The Morgan fingerprint density at radius 2 is 1.69 bits per heavy atom. The van der Waals surface area contributed by atoms with Gasteiger partial charge in [0.1, 0.15) is 0 Å². The van der Waals surface area contributed by atoms with E-state index in [0.717, 1.165) is 22.4 Å². The van der Waals surface area contributed by atoms with E-state index in [0.29, 0.717) is 25.2 Å². The number of aliphatic hydroxyl groups is 1. The van der Waals surface area contributed by atoms with Crippen molar-refractivity contribution in [3.05, 3.63) is 114 Å². The number of carbonyl (C=O) groups is 1. The van der Waals surface area contributed by atoms with Crippen molar-refractivity contribution in [2.24, 2.45) is 5.92 Å². The van der Waals surface area contributed by atoms with E-state index in [1.165, 1.54) is 0 Å². The van der Waals surface area contributed by atoms with Crippen LogP contribution in [0.3, 0.4) is 0 Å². The van der Waals surface area contributed by atoms with Crippen molar-refractivity contribution in [1.82, 2.24) is 15.0 Å². The maximum Gasteiger partial charge on any atom is 0.264 e. The van der Waals surface area contributed by atoms with Gasteiger partial charge >= 0.3 is 0 Å². The molecule has 7 nitrogen and oxygen atoms in total. The van der Waals surface area contributed by atoms with Crippen LogP contribution in [0.15, 0.2) is 91.1 Å². The van der Waals surface area contributed by atoms with Gasteiger partial charge in [0, 0.05) is 29.8 Å². The number of para-hydroxylation sites is 1. The summed E-state index contributed by atoms with van der Waals surface area (Å²) in [6, 6.07) is 27.4. The molecule has 1 amide bonds. The Hall–Kier alpha value is -3.66. The second kappa shape index (κ2) is 11.2. The highest BCUT2D eigenvalue weighted by Gasteiger charge is 2.66. The fourth-order valence-corrected chi connectivity index (χ4v) is 9.63. The van der Waals surface area contributed by atoms with Crippen LogP contribution >= 0.6 is 0 Å². The quantitative estimate of drug-likeness (QED) is 0.198. The second-order valence-electron chi connectivity index (χ2n) is 12.0. The van der Waals surface area contributed by atoms with Gasteiger partial charge in [-0.05, 0) is 36.7 Å². The maximum atomic E-state index is 16.1. The molecule has 42 heavy (non-hydrogen) atoms. The smallest absolute Gasteiger partial charge is 0.264 e. The summed E-state index contributed by atoms with van der Waals surface area (Å²) >= 11 is 0. The molecule has 4 aromatic rings. The molecule has 1 saturated heterocycles. The van der Waals surface area contributed by atoms with Gasteiger partial charge < -0.3 is 18.9 Å². The standard InChI is InChI=1S/C33H37FN4O3Si/c1-23-31(42(2,3)34)30(18-19-37-21-28(35-36-37)26(22-39)25-14-8-5-9-15-25)41-33(23)27-16-10-11-17-29(27)38(32(33)40)20-24-12-6-4-7-13-24/h4-17,21,23,26,30-31,39H,18-20,22H2,1-3H3/t23-,26?,30+,31-,33+/m1/s1. The highest BCUT2D eigenvalue weighted by atomic mass is 28.4. The first kappa shape index (κ1) is 28.5. The highest BCUT2D eigenvalue weighted by Crippen LogP contribution is 2.60. The van der Waals surface area contributed by atoms with Gasteiger partial charge in [-0.15, -0.1) is 5.10 Å². The number of fused-ring (bicyclic) bond motifs is 2. The highest BCUT2D eigenvalue weighted by molar-refractivity contribution is 6.72. The molecule has 3 aromatic carbocycles. The number of aliphatic hydroxyl groups excluding tert-OH is 1. The molecule has 218 valence electrons. The SMILES string of the molecule is C[C@@H]1[C@@H]([Si](C)(C)F)[C@H](CCn2cc(C(CO)c3ccccc3)nn2)O[C@@]12C(=O)N(Cc1ccccc1)c1ccccc12. The summed E-state index contributed by atoms with van der Waals surface area (Å²) in [7, 11) is -3.27.